The van der Waals surface area contributed by atoms with E-state index in [0.29, 0.717) is 5.92 Å². The zero-order valence-electron chi connectivity index (χ0n) is 18.6. The van der Waals surface area contributed by atoms with Gasteiger partial charge in [-0.1, -0.05) is 51.3 Å². The minimum atomic E-state index is -0.125. The fraction of sp³-hybridized carbons (Fsp3) is 0.296. The SMILES string of the molecule is CC(=O)/C=C(/C)O.Cc1[c-]c(-c2[c-]c3ccccc3c(CC(C)C)c2)cc(C)c1.[Ir]. The van der Waals surface area contributed by atoms with Crippen LogP contribution >= 0.6 is 0 Å². The Labute approximate surface area is 194 Å². The maximum atomic E-state index is 10.0. The quantitative estimate of drug-likeness (QED) is 0.207. The first-order chi connectivity index (χ1) is 13.7. The predicted octanol–water partition coefficient (Wildman–Crippen LogP) is 6.96. The standard InChI is InChI=1S/C22H22.C5H8O2.Ir/c1-15(2)9-21-14-20(13-18-7-5-6-8-22(18)21)19-11-16(3)10-17(4)12-19;1-4(6)3-5(2)7;/h5-8,10-11,14-15H,9H2,1-4H3;3,6H,1-2H3;/q-2;;/b;4-3-;. The van der Waals surface area contributed by atoms with Crippen molar-refractivity contribution >= 4 is 16.6 Å². The van der Waals surface area contributed by atoms with E-state index in [2.05, 4.69) is 82.3 Å². The van der Waals surface area contributed by atoms with Crippen molar-refractivity contribution in [2.45, 2.75) is 48.0 Å². The van der Waals surface area contributed by atoms with Crippen molar-refractivity contribution in [1.82, 2.24) is 0 Å². The third kappa shape index (κ3) is 7.89. The molecule has 3 aromatic rings. The van der Waals surface area contributed by atoms with E-state index >= 15 is 0 Å². The second-order valence-electron chi connectivity index (χ2n) is 8.00. The summed E-state index contributed by atoms with van der Waals surface area (Å²) in [5, 5.41) is 10.9. The Balaban J connectivity index is 0.000000489. The van der Waals surface area contributed by atoms with Gasteiger partial charge in [0.1, 0.15) is 0 Å². The van der Waals surface area contributed by atoms with Gasteiger partial charge < -0.3 is 5.11 Å². The number of benzene rings is 3. The summed E-state index contributed by atoms with van der Waals surface area (Å²) in [6.07, 6.45) is 2.26. The first-order valence-electron chi connectivity index (χ1n) is 9.98. The van der Waals surface area contributed by atoms with Crippen molar-refractivity contribution in [2.24, 2.45) is 5.92 Å². The van der Waals surface area contributed by atoms with E-state index < -0.39 is 0 Å². The van der Waals surface area contributed by atoms with Crippen molar-refractivity contribution in [1.29, 1.82) is 0 Å². The van der Waals surface area contributed by atoms with E-state index in [-0.39, 0.29) is 31.6 Å². The van der Waals surface area contributed by atoms with E-state index in [0.717, 1.165) is 17.5 Å². The Hall–Kier alpha value is -2.22. The Morgan fingerprint density at radius 3 is 2.20 bits per heavy atom. The topological polar surface area (TPSA) is 37.3 Å². The first kappa shape index (κ1) is 25.8. The summed E-state index contributed by atoms with van der Waals surface area (Å²) < 4.78 is 0. The molecule has 0 aliphatic carbocycles. The Morgan fingerprint density at radius 1 is 1.03 bits per heavy atom. The van der Waals surface area contributed by atoms with Crippen molar-refractivity contribution in [3.8, 4) is 11.1 Å². The van der Waals surface area contributed by atoms with E-state index in [1.807, 2.05) is 0 Å². The maximum absolute atomic E-state index is 10.0. The molecule has 0 aliphatic rings. The second kappa shape index (κ2) is 11.8. The predicted molar refractivity (Wildman–Crippen MR) is 122 cm³/mol. The van der Waals surface area contributed by atoms with E-state index in [4.69, 9.17) is 5.11 Å². The fourth-order valence-corrected chi connectivity index (χ4v) is 3.39. The van der Waals surface area contributed by atoms with Gasteiger partial charge >= 0.3 is 0 Å². The number of allylic oxidation sites excluding steroid dienone is 2. The third-order valence-corrected chi connectivity index (χ3v) is 4.34. The molecule has 0 aromatic heterocycles. The van der Waals surface area contributed by atoms with Crippen molar-refractivity contribution in [3.63, 3.8) is 0 Å². The summed E-state index contributed by atoms with van der Waals surface area (Å²) in [4.78, 5) is 10.0. The van der Waals surface area contributed by atoms with Crippen LogP contribution < -0.4 is 0 Å². The maximum Gasteiger partial charge on any atom is 0.155 e. The Kier molecular flexibility index (Phi) is 10.2. The number of fused-ring (bicyclic) bond motifs is 1. The van der Waals surface area contributed by atoms with Crippen LogP contribution in [0.25, 0.3) is 21.9 Å². The van der Waals surface area contributed by atoms with E-state index in [9.17, 15) is 4.79 Å². The average molecular weight is 579 g/mol. The van der Waals surface area contributed by atoms with Crippen LogP contribution in [0.5, 0.6) is 0 Å². The molecule has 3 aromatic carbocycles. The van der Waals surface area contributed by atoms with Crippen LogP contribution in [-0.2, 0) is 31.3 Å². The molecule has 0 amide bonds. The van der Waals surface area contributed by atoms with Crippen molar-refractivity contribution < 1.29 is 30.0 Å². The number of rotatable bonds is 4. The first-order valence-corrected chi connectivity index (χ1v) is 9.98. The van der Waals surface area contributed by atoms with Crippen LogP contribution in [0, 0.1) is 31.9 Å². The molecule has 30 heavy (non-hydrogen) atoms. The van der Waals surface area contributed by atoms with E-state index in [1.54, 1.807) is 0 Å². The molecule has 161 valence electrons. The summed E-state index contributed by atoms with van der Waals surface area (Å²) in [6.45, 7) is 11.6. The van der Waals surface area contributed by atoms with Gasteiger partial charge in [0.05, 0.1) is 5.76 Å². The molecule has 3 heteroatoms. The van der Waals surface area contributed by atoms with Crippen molar-refractivity contribution in [2.75, 3.05) is 0 Å². The summed E-state index contributed by atoms with van der Waals surface area (Å²) in [5.74, 6) is 0.578. The van der Waals surface area contributed by atoms with Crippen LogP contribution in [0.3, 0.4) is 0 Å². The van der Waals surface area contributed by atoms with Gasteiger partial charge in [-0.05, 0) is 26.2 Å². The smallest absolute Gasteiger partial charge is 0.155 e. The average Bonchev–Trinajstić information content (AvgIpc) is 2.59. The van der Waals surface area contributed by atoms with E-state index in [1.165, 1.54) is 47.4 Å². The van der Waals surface area contributed by atoms with Crippen LogP contribution in [0.15, 0.2) is 54.3 Å². The van der Waals surface area contributed by atoms with Gasteiger partial charge in [0.15, 0.2) is 5.78 Å². The normalized spacial score (nSPS) is 11.0. The molecule has 0 spiro atoms. The summed E-state index contributed by atoms with van der Waals surface area (Å²) in [7, 11) is 0. The zero-order valence-corrected chi connectivity index (χ0v) is 21.0. The molecule has 0 heterocycles. The molecule has 0 unspecified atom stereocenters. The summed E-state index contributed by atoms with van der Waals surface area (Å²) >= 11 is 0. The zero-order chi connectivity index (χ0) is 21.6. The van der Waals surface area contributed by atoms with Crippen LogP contribution in [0.1, 0.15) is 44.4 Å². The van der Waals surface area contributed by atoms with Gasteiger partial charge in [-0.3, -0.25) is 4.79 Å². The minimum Gasteiger partial charge on any atom is -0.512 e. The van der Waals surface area contributed by atoms with Crippen molar-refractivity contribution in [3.05, 3.63) is 83.1 Å². The molecule has 1 radical (unpaired) electrons. The molecule has 0 atom stereocenters. The monoisotopic (exact) mass is 579 g/mol. The molecule has 0 saturated carbocycles. The minimum absolute atomic E-state index is 0. The Bertz CT molecular complexity index is 1010. The summed E-state index contributed by atoms with van der Waals surface area (Å²) in [5.41, 5.74) is 6.17. The number of carbonyl (C=O) groups is 1. The number of aliphatic hydroxyl groups excluding tert-OH is 1. The number of aliphatic hydroxyl groups is 1. The van der Waals surface area contributed by atoms with Gasteiger partial charge in [-0.15, -0.1) is 34.2 Å². The second-order valence-corrected chi connectivity index (χ2v) is 8.00. The molecule has 0 fully saturated rings. The number of ketones is 1. The molecule has 3 rings (SSSR count). The largest absolute Gasteiger partial charge is 0.512 e. The van der Waals surface area contributed by atoms with Gasteiger partial charge in [0, 0.05) is 26.2 Å². The Morgan fingerprint density at radius 2 is 1.67 bits per heavy atom. The van der Waals surface area contributed by atoms with Crippen LogP contribution in [0.4, 0.5) is 0 Å². The molecular formula is C27H30IrO2-2. The molecule has 1 N–H and O–H groups in total. The third-order valence-electron chi connectivity index (χ3n) is 4.34. The number of aryl methyl sites for hydroxylation is 2. The molecule has 0 bridgehead atoms. The molecule has 0 aliphatic heterocycles. The van der Waals surface area contributed by atoms with Gasteiger partial charge in [0.25, 0.3) is 0 Å². The molecule has 2 nitrogen and oxygen atoms in total. The van der Waals surface area contributed by atoms with Gasteiger partial charge in [-0.2, -0.15) is 29.8 Å². The fourth-order valence-electron chi connectivity index (χ4n) is 3.39. The number of hydrogen-bond acceptors (Lipinski definition) is 2. The van der Waals surface area contributed by atoms with Crippen LogP contribution in [0.2, 0.25) is 0 Å². The van der Waals surface area contributed by atoms with Crippen LogP contribution in [-0.4, -0.2) is 10.9 Å². The van der Waals surface area contributed by atoms with Gasteiger partial charge in [0.2, 0.25) is 0 Å². The molecular weight excluding hydrogens is 549 g/mol. The number of hydrogen-bond donors (Lipinski definition) is 1. The summed E-state index contributed by atoms with van der Waals surface area (Å²) in [6, 6.07) is 22.3. The van der Waals surface area contributed by atoms with Gasteiger partial charge in [-0.25, -0.2) is 5.56 Å². The number of carbonyl (C=O) groups excluding carboxylic acids is 1. The molecule has 0 saturated heterocycles.